The molecule has 0 bridgehead atoms. The van der Waals surface area contributed by atoms with Crippen molar-refractivity contribution in [2.24, 2.45) is 0 Å². The molecule has 0 saturated heterocycles. The molecule has 4 nitrogen and oxygen atoms in total. The average molecular weight is 363 g/mol. The lowest BCUT2D eigenvalue weighted by atomic mass is 10.1. The van der Waals surface area contributed by atoms with Crippen LogP contribution in [0.1, 0.15) is 5.56 Å². The van der Waals surface area contributed by atoms with Gasteiger partial charge < -0.3 is 4.42 Å². The zero-order valence-corrected chi connectivity index (χ0v) is 15.0. The molecule has 1 N–H and O–H groups in total. The zero-order valence-electron chi connectivity index (χ0n) is 14.1. The van der Waals surface area contributed by atoms with E-state index in [1.165, 1.54) is 0 Å². The second-order valence-corrected chi connectivity index (χ2v) is 7.77. The Balaban J connectivity index is 1.86. The van der Waals surface area contributed by atoms with Crippen LogP contribution in [-0.4, -0.2) is 8.42 Å². The van der Waals surface area contributed by atoms with E-state index in [0.717, 1.165) is 16.5 Å². The summed E-state index contributed by atoms with van der Waals surface area (Å²) >= 11 is 0. The van der Waals surface area contributed by atoms with E-state index < -0.39 is 10.0 Å². The molecule has 0 aliphatic heterocycles. The van der Waals surface area contributed by atoms with E-state index in [0.29, 0.717) is 17.0 Å². The molecule has 0 fully saturated rings. The van der Waals surface area contributed by atoms with Crippen LogP contribution in [0.5, 0.6) is 0 Å². The number of hydrogen-bond acceptors (Lipinski definition) is 3. The first kappa shape index (κ1) is 16.4. The number of hydrogen-bond donors (Lipinski definition) is 1. The maximum atomic E-state index is 12.9. The third kappa shape index (κ3) is 2.97. The van der Waals surface area contributed by atoms with Crippen LogP contribution in [0.15, 0.2) is 88.2 Å². The van der Waals surface area contributed by atoms with Crippen molar-refractivity contribution in [3.63, 3.8) is 0 Å². The van der Waals surface area contributed by atoms with Gasteiger partial charge in [-0.05, 0) is 31.2 Å². The molecule has 0 unspecified atom stereocenters. The molecular weight excluding hydrogens is 346 g/mol. The first-order chi connectivity index (χ1) is 12.5. The van der Waals surface area contributed by atoms with E-state index in [4.69, 9.17) is 4.42 Å². The molecule has 130 valence electrons. The topological polar surface area (TPSA) is 59.3 Å². The third-order valence-electron chi connectivity index (χ3n) is 4.20. The van der Waals surface area contributed by atoms with Crippen LogP contribution in [0.3, 0.4) is 0 Å². The average Bonchev–Trinajstić information content (AvgIpc) is 3.01. The summed E-state index contributed by atoms with van der Waals surface area (Å²) in [5.41, 5.74) is 2.90. The minimum Gasteiger partial charge on any atom is -0.454 e. The van der Waals surface area contributed by atoms with Crippen molar-refractivity contribution in [2.75, 3.05) is 4.72 Å². The summed E-state index contributed by atoms with van der Waals surface area (Å²) < 4.78 is 34.5. The second kappa shape index (κ2) is 6.35. The van der Waals surface area contributed by atoms with Crippen LogP contribution in [0.4, 0.5) is 5.69 Å². The van der Waals surface area contributed by atoms with Gasteiger partial charge in [0.15, 0.2) is 5.76 Å². The number of benzene rings is 3. The lowest BCUT2D eigenvalue weighted by Gasteiger charge is -2.09. The van der Waals surface area contributed by atoms with Crippen molar-refractivity contribution in [3.05, 3.63) is 84.4 Å². The first-order valence-corrected chi connectivity index (χ1v) is 9.69. The highest BCUT2D eigenvalue weighted by atomic mass is 32.2. The van der Waals surface area contributed by atoms with Crippen molar-refractivity contribution in [1.82, 2.24) is 0 Å². The highest BCUT2D eigenvalue weighted by Crippen LogP contribution is 2.39. The molecule has 0 atom stereocenters. The Bertz CT molecular complexity index is 1160. The molecular formula is C21H17NO3S. The van der Waals surface area contributed by atoms with E-state index in [2.05, 4.69) is 4.72 Å². The third-order valence-corrected chi connectivity index (χ3v) is 5.56. The Hall–Kier alpha value is -3.05. The standard InChI is InChI=1S/C21H17NO3S/c1-15-11-13-17(14-12-15)26(23,24)22-20-18-9-5-6-10-19(18)25-21(20)16-7-3-2-4-8-16/h2-14,22H,1H3. The van der Waals surface area contributed by atoms with Gasteiger partial charge in [-0.3, -0.25) is 4.72 Å². The lowest BCUT2D eigenvalue weighted by molar-refractivity contribution is 0.600. The van der Waals surface area contributed by atoms with Gasteiger partial charge in [-0.15, -0.1) is 0 Å². The quantitative estimate of drug-likeness (QED) is 0.541. The monoisotopic (exact) mass is 363 g/mol. The van der Waals surface area contributed by atoms with Crippen LogP contribution < -0.4 is 4.72 Å². The summed E-state index contributed by atoms with van der Waals surface area (Å²) in [6.45, 7) is 1.92. The van der Waals surface area contributed by atoms with Gasteiger partial charge in [-0.25, -0.2) is 8.42 Å². The maximum Gasteiger partial charge on any atom is 0.262 e. The summed E-state index contributed by atoms with van der Waals surface area (Å²) in [6.07, 6.45) is 0. The number of furan rings is 1. The van der Waals surface area contributed by atoms with E-state index in [9.17, 15) is 8.42 Å². The van der Waals surface area contributed by atoms with Gasteiger partial charge in [0.2, 0.25) is 0 Å². The van der Waals surface area contributed by atoms with Crippen molar-refractivity contribution < 1.29 is 12.8 Å². The predicted molar refractivity (Wildman–Crippen MR) is 104 cm³/mol. The number of nitrogens with one attached hydrogen (secondary N) is 1. The number of fused-ring (bicyclic) bond motifs is 1. The Morgan fingerprint density at radius 3 is 2.19 bits per heavy atom. The minimum absolute atomic E-state index is 0.215. The fraction of sp³-hybridized carbons (Fsp3) is 0.0476. The van der Waals surface area contributed by atoms with E-state index >= 15 is 0 Å². The normalized spacial score (nSPS) is 11.6. The van der Waals surface area contributed by atoms with Crippen LogP contribution in [0.25, 0.3) is 22.3 Å². The molecule has 26 heavy (non-hydrogen) atoms. The van der Waals surface area contributed by atoms with E-state index in [1.54, 1.807) is 24.3 Å². The van der Waals surface area contributed by atoms with Gasteiger partial charge >= 0.3 is 0 Å². The highest BCUT2D eigenvalue weighted by molar-refractivity contribution is 7.92. The van der Waals surface area contributed by atoms with Crippen LogP contribution in [0.2, 0.25) is 0 Å². The molecule has 4 rings (SSSR count). The number of aryl methyl sites for hydroxylation is 1. The fourth-order valence-electron chi connectivity index (χ4n) is 2.85. The number of anilines is 1. The summed E-state index contributed by atoms with van der Waals surface area (Å²) in [5, 5.41) is 0.724. The first-order valence-electron chi connectivity index (χ1n) is 8.21. The molecule has 0 amide bonds. The molecule has 5 heteroatoms. The maximum absolute atomic E-state index is 12.9. The molecule has 0 radical (unpaired) electrons. The van der Waals surface area contributed by atoms with Gasteiger partial charge in [0.05, 0.1) is 4.90 Å². The number of rotatable bonds is 4. The molecule has 3 aromatic carbocycles. The molecule has 0 saturated carbocycles. The molecule has 0 aliphatic rings. The van der Waals surface area contributed by atoms with Crippen LogP contribution >= 0.6 is 0 Å². The fourth-order valence-corrected chi connectivity index (χ4v) is 3.93. The Morgan fingerprint density at radius 2 is 1.46 bits per heavy atom. The highest BCUT2D eigenvalue weighted by Gasteiger charge is 2.22. The van der Waals surface area contributed by atoms with Gasteiger partial charge in [-0.2, -0.15) is 0 Å². The SMILES string of the molecule is Cc1ccc(S(=O)(=O)Nc2c(-c3ccccc3)oc3ccccc23)cc1. The Labute approximate surface area is 152 Å². The van der Waals surface area contributed by atoms with Crippen LogP contribution in [-0.2, 0) is 10.0 Å². The molecule has 1 heterocycles. The Morgan fingerprint density at radius 1 is 0.808 bits per heavy atom. The minimum atomic E-state index is -3.73. The van der Waals surface area contributed by atoms with Crippen molar-refractivity contribution in [2.45, 2.75) is 11.8 Å². The number of sulfonamides is 1. The van der Waals surface area contributed by atoms with Crippen LogP contribution in [0, 0.1) is 6.92 Å². The van der Waals surface area contributed by atoms with Gasteiger partial charge in [0, 0.05) is 10.9 Å². The molecule has 1 aromatic heterocycles. The van der Waals surface area contributed by atoms with Crippen molar-refractivity contribution >= 4 is 26.7 Å². The van der Waals surface area contributed by atoms with E-state index in [-0.39, 0.29) is 4.90 Å². The summed E-state index contributed by atoms with van der Waals surface area (Å²) in [4.78, 5) is 0.215. The van der Waals surface area contributed by atoms with Gasteiger partial charge in [-0.1, -0.05) is 60.2 Å². The lowest BCUT2D eigenvalue weighted by Crippen LogP contribution is -2.13. The largest absolute Gasteiger partial charge is 0.454 e. The van der Waals surface area contributed by atoms with Crippen molar-refractivity contribution in [3.8, 4) is 11.3 Å². The van der Waals surface area contributed by atoms with Gasteiger partial charge in [0.1, 0.15) is 11.3 Å². The summed E-state index contributed by atoms with van der Waals surface area (Å²) in [5.74, 6) is 0.502. The van der Waals surface area contributed by atoms with E-state index in [1.807, 2.05) is 61.5 Å². The molecule has 0 spiro atoms. The Kier molecular flexibility index (Phi) is 4.01. The smallest absolute Gasteiger partial charge is 0.262 e. The number of para-hydroxylation sites is 1. The van der Waals surface area contributed by atoms with Gasteiger partial charge in [0.25, 0.3) is 10.0 Å². The zero-order chi connectivity index (χ0) is 18.1. The predicted octanol–water partition coefficient (Wildman–Crippen LogP) is 5.21. The second-order valence-electron chi connectivity index (χ2n) is 6.09. The summed E-state index contributed by atoms with van der Waals surface area (Å²) in [7, 11) is -3.73. The molecule has 0 aliphatic carbocycles. The summed E-state index contributed by atoms with van der Waals surface area (Å²) in [6, 6.07) is 23.6. The molecule has 4 aromatic rings. The van der Waals surface area contributed by atoms with Crippen molar-refractivity contribution in [1.29, 1.82) is 0 Å².